The average Bonchev–Trinajstić information content (AvgIpc) is 2.42. The largest absolute Gasteiger partial charge is 0.456 e. The van der Waals surface area contributed by atoms with E-state index in [2.05, 4.69) is 5.32 Å². The summed E-state index contributed by atoms with van der Waals surface area (Å²) in [6.45, 7) is 1.47. The first kappa shape index (κ1) is 17.0. The van der Waals surface area contributed by atoms with Gasteiger partial charge >= 0.3 is 12.1 Å². The van der Waals surface area contributed by atoms with Gasteiger partial charge in [0.05, 0.1) is 5.56 Å². The van der Waals surface area contributed by atoms with Crippen LogP contribution >= 0.6 is 0 Å². The Morgan fingerprint density at radius 3 is 2.33 bits per heavy atom. The molecule has 0 aliphatic carbocycles. The molecule has 0 unspecified atom stereocenters. The minimum absolute atomic E-state index is 0.206. The third-order valence-electron chi connectivity index (χ3n) is 2.59. The van der Waals surface area contributed by atoms with Crippen molar-refractivity contribution in [1.29, 1.82) is 0 Å². The van der Waals surface area contributed by atoms with Crippen LogP contribution in [0.2, 0.25) is 0 Å². The lowest BCUT2D eigenvalue weighted by atomic mass is 10.2. The molecule has 1 aromatic carbocycles. The van der Waals surface area contributed by atoms with Crippen LogP contribution in [-0.4, -0.2) is 18.5 Å². The van der Waals surface area contributed by atoms with E-state index in [1.54, 1.807) is 0 Å². The van der Waals surface area contributed by atoms with Crippen LogP contribution in [-0.2, 0) is 20.5 Å². The molecule has 0 bridgehead atoms. The van der Waals surface area contributed by atoms with Crippen molar-refractivity contribution in [3.05, 3.63) is 29.8 Å². The van der Waals surface area contributed by atoms with Gasteiger partial charge in [0.1, 0.15) is 0 Å². The number of anilines is 1. The highest BCUT2D eigenvalue weighted by molar-refractivity contribution is 5.92. The van der Waals surface area contributed by atoms with Crippen molar-refractivity contribution in [2.45, 2.75) is 32.4 Å². The van der Waals surface area contributed by atoms with Crippen molar-refractivity contribution in [3.63, 3.8) is 0 Å². The first-order valence-electron chi connectivity index (χ1n) is 6.45. The number of esters is 1. The predicted molar refractivity (Wildman–Crippen MR) is 70.6 cm³/mol. The third kappa shape index (κ3) is 6.29. The van der Waals surface area contributed by atoms with E-state index in [0.717, 1.165) is 30.7 Å². The van der Waals surface area contributed by atoms with Crippen LogP contribution in [0.1, 0.15) is 31.7 Å². The number of carbonyl (C=O) groups excluding carboxylic acids is 2. The number of hydrogen-bond acceptors (Lipinski definition) is 3. The highest BCUT2D eigenvalue weighted by atomic mass is 19.4. The molecule has 0 aliphatic rings. The highest BCUT2D eigenvalue weighted by Gasteiger charge is 2.29. The molecule has 0 saturated carbocycles. The van der Waals surface area contributed by atoms with Gasteiger partial charge < -0.3 is 10.1 Å². The number of unbranched alkanes of at least 4 members (excludes halogenated alkanes) is 1. The van der Waals surface area contributed by atoms with E-state index in [1.807, 2.05) is 6.92 Å². The smallest absolute Gasteiger partial charge is 0.416 e. The van der Waals surface area contributed by atoms with Gasteiger partial charge in [-0.2, -0.15) is 13.2 Å². The molecule has 1 aromatic rings. The second kappa shape index (κ2) is 7.66. The lowest BCUT2D eigenvalue weighted by molar-refractivity contribution is -0.147. The minimum Gasteiger partial charge on any atom is -0.456 e. The molecular formula is C14H16F3NO3. The molecule has 0 atom stereocenters. The SMILES string of the molecule is CCCCC(=O)OCC(=O)Nc1ccc(C(F)(F)F)cc1. The van der Waals surface area contributed by atoms with Crippen molar-refractivity contribution >= 4 is 17.6 Å². The Labute approximate surface area is 120 Å². The van der Waals surface area contributed by atoms with E-state index >= 15 is 0 Å². The molecule has 1 rings (SSSR count). The number of hydrogen-bond donors (Lipinski definition) is 1. The fourth-order valence-electron chi connectivity index (χ4n) is 1.48. The number of carbonyl (C=O) groups is 2. The Morgan fingerprint density at radius 2 is 1.81 bits per heavy atom. The van der Waals surface area contributed by atoms with Gasteiger partial charge in [-0.25, -0.2) is 0 Å². The topological polar surface area (TPSA) is 55.4 Å². The normalized spacial score (nSPS) is 11.0. The molecule has 1 amide bonds. The van der Waals surface area contributed by atoms with Gasteiger partial charge in [-0.05, 0) is 30.7 Å². The lowest BCUT2D eigenvalue weighted by Crippen LogP contribution is -2.20. The molecule has 0 saturated heterocycles. The Hall–Kier alpha value is -2.05. The molecule has 0 radical (unpaired) electrons. The maximum atomic E-state index is 12.3. The van der Waals surface area contributed by atoms with E-state index in [9.17, 15) is 22.8 Å². The van der Waals surface area contributed by atoms with Crippen LogP contribution in [0.4, 0.5) is 18.9 Å². The lowest BCUT2D eigenvalue weighted by Gasteiger charge is -2.09. The quantitative estimate of drug-likeness (QED) is 0.820. The summed E-state index contributed by atoms with van der Waals surface area (Å²) in [6, 6.07) is 4.00. The first-order valence-corrected chi connectivity index (χ1v) is 6.45. The molecule has 1 N–H and O–H groups in total. The molecule has 116 valence electrons. The fraction of sp³-hybridized carbons (Fsp3) is 0.429. The minimum atomic E-state index is -4.42. The van der Waals surface area contributed by atoms with Crippen molar-refractivity contribution < 1.29 is 27.5 Å². The van der Waals surface area contributed by atoms with Crippen molar-refractivity contribution in [3.8, 4) is 0 Å². The molecule has 0 spiro atoms. The molecule has 0 aliphatic heterocycles. The number of amides is 1. The zero-order valence-electron chi connectivity index (χ0n) is 11.5. The highest BCUT2D eigenvalue weighted by Crippen LogP contribution is 2.29. The summed E-state index contributed by atoms with van der Waals surface area (Å²) in [5, 5.41) is 2.35. The monoisotopic (exact) mass is 303 g/mol. The van der Waals surface area contributed by atoms with Crippen LogP contribution in [0.15, 0.2) is 24.3 Å². The number of benzene rings is 1. The van der Waals surface area contributed by atoms with E-state index in [-0.39, 0.29) is 12.1 Å². The van der Waals surface area contributed by atoms with Crippen LogP contribution in [0.5, 0.6) is 0 Å². The van der Waals surface area contributed by atoms with E-state index in [1.165, 1.54) is 0 Å². The van der Waals surface area contributed by atoms with Gasteiger partial charge in [0.15, 0.2) is 6.61 Å². The fourth-order valence-corrected chi connectivity index (χ4v) is 1.48. The van der Waals surface area contributed by atoms with E-state index in [0.29, 0.717) is 6.42 Å². The second-order valence-corrected chi connectivity index (χ2v) is 4.39. The van der Waals surface area contributed by atoms with Gasteiger partial charge in [0.2, 0.25) is 0 Å². The predicted octanol–water partition coefficient (Wildman–Crippen LogP) is 3.38. The summed E-state index contributed by atoms with van der Waals surface area (Å²) < 4.78 is 41.8. The summed E-state index contributed by atoms with van der Waals surface area (Å²) in [5.74, 6) is -1.07. The Bertz CT molecular complexity index is 483. The third-order valence-corrected chi connectivity index (χ3v) is 2.59. The van der Waals surface area contributed by atoms with Gasteiger partial charge in [-0.1, -0.05) is 13.3 Å². The van der Waals surface area contributed by atoms with Crippen LogP contribution in [0.25, 0.3) is 0 Å². The van der Waals surface area contributed by atoms with Crippen LogP contribution < -0.4 is 5.32 Å². The number of halogens is 3. The van der Waals surface area contributed by atoms with Gasteiger partial charge in [0.25, 0.3) is 5.91 Å². The number of alkyl halides is 3. The standard InChI is InChI=1S/C14H16F3NO3/c1-2-3-4-13(20)21-9-12(19)18-11-7-5-10(6-8-11)14(15,16)17/h5-8H,2-4,9H2,1H3,(H,18,19). The first-order chi connectivity index (χ1) is 9.82. The number of nitrogens with one attached hydrogen (secondary N) is 1. The maximum absolute atomic E-state index is 12.3. The van der Waals surface area contributed by atoms with Crippen molar-refractivity contribution in [1.82, 2.24) is 0 Å². The summed E-state index contributed by atoms with van der Waals surface area (Å²) in [5.41, 5.74) is -0.593. The molecule has 7 heteroatoms. The van der Waals surface area contributed by atoms with E-state index < -0.39 is 30.2 Å². The second-order valence-electron chi connectivity index (χ2n) is 4.39. The zero-order chi connectivity index (χ0) is 15.9. The average molecular weight is 303 g/mol. The van der Waals surface area contributed by atoms with Gasteiger partial charge in [-0.15, -0.1) is 0 Å². The summed E-state index contributed by atoms with van der Waals surface area (Å²) in [7, 11) is 0. The van der Waals surface area contributed by atoms with E-state index in [4.69, 9.17) is 4.74 Å². The molecule has 0 fully saturated rings. The Kier molecular flexibility index (Phi) is 6.20. The summed E-state index contributed by atoms with van der Waals surface area (Å²) in [4.78, 5) is 22.6. The van der Waals surface area contributed by atoms with Crippen LogP contribution in [0.3, 0.4) is 0 Å². The Morgan fingerprint density at radius 1 is 1.19 bits per heavy atom. The summed E-state index contributed by atoms with van der Waals surface area (Å²) >= 11 is 0. The zero-order valence-corrected chi connectivity index (χ0v) is 11.5. The van der Waals surface area contributed by atoms with Crippen molar-refractivity contribution in [2.24, 2.45) is 0 Å². The number of rotatable bonds is 6. The van der Waals surface area contributed by atoms with Crippen LogP contribution in [0, 0.1) is 0 Å². The molecule has 21 heavy (non-hydrogen) atoms. The molecule has 0 aromatic heterocycles. The van der Waals surface area contributed by atoms with Gasteiger partial charge in [0, 0.05) is 12.1 Å². The van der Waals surface area contributed by atoms with Crippen molar-refractivity contribution in [2.75, 3.05) is 11.9 Å². The summed E-state index contributed by atoms with van der Waals surface area (Å²) in [6.07, 6.45) is -2.66. The molecular weight excluding hydrogens is 287 g/mol. The van der Waals surface area contributed by atoms with Gasteiger partial charge in [-0.3, -0.25) is 9.59 Å². The maximum Gasteiger partial charge on any atom is 0.416 e. The number of ether oxygens (including phenoxy) is 1. The molecule has 4 nitrogen and oxygen atoms in total. The Balaban J connectivity index is 2.43. The molecule has 0 heterocycles.